The average Bonchev–Trinajstić information content (AvgIpc) is 3.66. The van der Waals surface area contributed by atoms with E-state index in [4.69, 9.17) is 9.47 Å². The number of hydrogen-bond acceptors (Lipinski definition) is 7. The van der Waals surface area contributed by atoms with Crippen molar-refractivity contribution in [1.82, 2.24) is 19.7 Å². The molecule has 1 aromatic carbocycles. The van der Waals surface area contributed by atoms with Gasteiger partial charge in [-0.2, -0.15) is 0 Å². The Morgan fingerprint density at radius 2 is 1.71 bits per heavy atom. The fourth-order valence-corrected chi connectivity index (χ4v) is 4.96. The van der Waals surface area contributed by atoms with Gasteiger partial charge in [-0.3, -0.25) is 9.69 Å². The number of amides is 4. The molecule has 0 radical (unpaired) electrons. The lowest BCUT2D eigenvalue weighted by molar-refractivity contribution is -0.128. The molecule has 1 aliphatic carbocycles. The van der Waals surface area contributed by atoms with Crippen LogP contribution in [0.15, 0.2) is 48.7 Å². The van der Waals surface area contributed by atoms with Gasteiger partial charge in [-0.1, -0.05) is 36.4 Å². The van der Waals surface area contributed by atoms with Gasteiger partial charge in [0.1, 0.15) is 17.7 Å². The van der Waals surface area contributed by atoms with Crippen molar-refractivity contribution >= 4 is 18.0 Å². The number of piperidine rings is 1. The van der Waals surface area contributed by atoms with E-state index in [0.717, 1.165) is 41.6 Å². The van der Waals surface area contributed by atoms with Crippen LogP contribution in [0, 0.1) is 5.92 Å². The summed E-state index contributed by atoms with van der Waals surface area (Å²) in [5, 5.41) is 0. The maximum absolute atomic E-state index is 13.4. The van der Waals surface area contributed by atoms with E-state index in [-0.39, 0.29) is 12.6 Å². The standard InChI is InChI=1S/C29H36N4O5/c1-29(2,3)38-28(36)33-25(22-7-5-4-6-8-22)26(34)32(27(33)35)19-21-11-12-24(30-17-21)37-23-13-15-31(16-14-23)18-20-9-10-20/h4-8,11-12,17,20,23,25H,9-10,13-16,18-19H2,1-3H3/t25-/m1/s1. The largest absolute Gasteiger partial charge is 0.474 e. The molecule has 0 bridgehead atoms. The first-order valence-electron chi connectivity index (χ1n) is 13.4. The van der Waals surface area contributed by atoms with E-state index in [9.17, 15) is 14.4 Å². The summed E-state index contributed by atoms with van der Waals surface area (Å²) in [5.74, 6) is 0.951. The summed E-state index contributed by atoms with van der Waals surface area (Å²) < 4.78 is 11.6. The van der Waals surface area contributed by atoms with Crippen molar-refractivity contribution in [3.8, 4) is 5.88 Å². The van der Waals surface area contributed by atoms with Crippen molar-refractivity contribution in [2.24, 2.45) is 5.92 Å². The van der Waals surface area contributed by atoms with Gasteiger partial charge in [-0.05, 0) is 63.5 Å². The van der Waals surface area contributed by atoms with Crippen molar-refractivity contribution in [2.75, 3.05) is 19.6 Å². The van der Waals surface area contributed by atoms with Gasteiger partial charge >= 0.3 is 12.1 Å². The summed E-state index contributed by atoms with van der Waals surface area (Å²) in [7, 11) is 0. The van der Waals surface area contributed by atoms with E-state index in [1.807, 2.05) is 6.07 Å². The minimum Gasteiger partial charge on any atom is -0.474 e. The number of aromatic nitrogens is 1. The number of nitrogens with zero attached hydrogens (tertiary/aromatic N) is 4. The summed E-state index contributed by atoms with van der Waals surface area (Å²) in [6.07, 6.45) is 5.60. The molecule has 2 aliphatic heterocycles. The SMILES string of the molecule is CC(C)(C)OC(=O)N1C(=O)N(Cc2ccc(OC3CCN(CC4CC4)CC3)nc2)C(=O)[C@H]1c1ccccc1. The number of pyridine rings is 1. The number of ether oxygens (including phenoxy) is 2. The van der Waals surface area contributed by atoms with Crippen LogP contribution >= 0.6 is 0 Å². The molecule has 1 atom stereocenters. The van der Waals surface area contributed by atoms with E-state index in [1.54, 1.807) is 63.4 Å². The van der Waals surface area contributed by atoms with Gasteiger partial charge in [0.15, 0.2) is 0 Å². The van der Waals surface area contributed by atoms with Crippen LogP contribution < -0.4 is 4.74 Å². The minimum absolute atomic E-state index is 0.00681. The van der Waals surface area contributed by atoms with Crippen molar-refractivity contribution in [2.45, 2.75) is 70.7 Å². The number of rotatable bonds is 7. The summed E-state index contributed by atoms with van der Waals surface area (Å²) >= 11 is 0. The highest BCUT2D eigenvalue weighted by Gasteiger charge is 2.50. The Kier molecular flexibility index (Phi) is 7.38. The lowest BCUT2D eigenvalue weighted by Crippen LogP contribution is -2.40. The zero-order chi connectivity index (χ0) is 26.9. The molecule has 5 rings (SSSR count). The average molecular weight is 521 g/mol. The summed E-state index contributed by atoms with van der Waals surface area (Å²) in [4.78, 5) is 48.7. The first kappa shape index (κ1) is 26.2. The fourth-order valence-electron chi connectivity index (χ4n) is 4.96. The molecule has 38 heavy (non-hydrogen) atoms. The maximum atomic E-state index is 13.4. The summed E-state index contributed by atoms with van der Waals surface area (Å²) in [5.41, 5.74) is 0.392. The molecule has 4 amide bonds. The topological polar surface area (TPSA) is 92.3 Å². The van der Waals surface area contributed by atoms with E-state index < -0.39 is 29.7 Å². The molecule has 3 heterocycles. The second-order valence-corrected chi connectivity index (χ2v) is 11.4. The highest BCUT2D eigenvalue weighted by atomic mass is 16.6. The molecule has 202 valence electrons. The van der Waals surface area contributed by atoms with Crippen molar-refractivity contribution in [1.29, 1.82) is 0 Å². The van der Waals surface area contributed by atoms with Crippen LogP contribution in [0.2, 0.25) is 0 Å². The normalized spacial score (nSPS) is 21.2. The molecule has 0 spiro atoms. The number of imide groups is 2. The van der Waals surface area contributed by atoms with Crippen molar-refractivity contribution < 1.29 is 23.9 Å². The molecule has 1 saturated carbocycles. The van der Waals surface area contributed by atoms with Crippen LogP contribution in [0.5, 0.6) is 5.88 Å². The predicted molar refractivity (Wildman–Crippen MR) is 140 cm³/mol. The highest BCUT2D eigenvalue weighted by Crippen LogP contribution is 2.34. The molecule has 9 nitrogen and oxygen atoms in total. The van der Waals surface area contributed by atoms with Crippen LogP contribution in [0.25, 0.3) is 0 Å². The van der Waals surface area contributed by atoms with E-state index >= 15 is 0 Å². The molecular formula is C29H36N4O5. The van der Waals surface area contributed by atoms with Crippen molar-refractivity contribution in [3.05, 3.63) is 59.8 Å². The van der Waals surface area contributed by atoms with Gasteiger partial charge in [0, 0.05) is 31.9 Å². The lowest BCUT2D eigenvalue weighted by atomic mass is 10.1. The molecule has 0 unspecified atom stereocenters. The number of likely N-dealkylation sites (tertiary alicyclic amines) is 1. The van der Waals surface area contributed by atoms with E-state index in [1.165, 1.54) is 19.4 Å². The third-order valence-electron chi connectivity index (χ3n) is 7.07. The highest BCUT2D eigenvalue weighted by molar-refractivity contribution is 6.10. The number of carbonyl (C=O) groups is 3. The molecule has 3 fully saturated rings. The molecule has 0 N–H and O–H groups in total. The molecule has 2 saturated heterocycles. The second-order valence-electron chi connectivity index (χ2n) is 11.4. The van der Waals surface area contributed by atoms with Gasteiger partial charge in [0.25, 0.3) is 5.91 Å². The second kappa shape index (κ2) is 10.7. The third-order valence-corrected chi connectivity index (χ3v) is 7.07. The van der Waals surface area contributed by atoms with Crippen LogP contribution in [0.1, 0.15) is 63.6 Å². The molecule has 2 aromatic rings. The maximum Gasteiger partial charge on any atom is 0.419 e. The minimum atomic E-state index is -1.08. The Bertz CT molecular complexity index is 1150. The molecular weight excluding hydrogens is 484 g/mol. The zero-order valence-corrected chi connectivity index (χ0v) is 22.3. The molecule has 3 aliphatic rings. The van der Waals surface area contributed by atoms with Crippen LogP contribution in [0.4, 0.5) is 9.59 Å². The number of benzene rings is 1. The zero-order valence-electron chi connectivity index (χ0n) is 22.3. The Morgan fingerprint density at radius 1 is 1.00 bits per heavy atom. The number of hydrogen-bond donors (Lipinski definition) is 0. The van der Waals surface area contributed by atoms with Crippen molar-refractivity contribution in [3.63, 3.8) is 0 Å². The lowest BCUT2D eigenvalue weighted by Gasteiger charge is -2.31. The monoisotopic (exact) mass is 520 g/mol. The smallest absolute Gasteiger partial charge is 0.419 e. The Balaban J connectivity index is 1.24. The Morgan fingerprint density at radius 3 is 2.32 bits per heavy atom. The van der Waals surface area contributed by atoms with E-state index in [0.29, 0.717) is 17.0 Å². The van der Waals surface area contributed by atoms with E-state index in [2.05, 4.69) is 9.88 Å². The van der Waals surface area contributed by atoms with Crippen LogP contribution in [-0.4, -0.2) is 69.1 Å². The van der Waals surface area contributed by atoms with Gasteiger partial charge in [-0.25, -0.2) is 19.5 Å². The first-order chi connectivity index (χ1) is 18.2. The molecule has 1 aromatic heterocycles. The summed E-state index contributed by atoms with van der Waals surface area (Å²) in [6.45, 7) is 8.46. The number of urea groups is 1. The first-order valence-corrected chi connectivity index (χ1v) is 13.4. The fraction of sp³-hybridized carbons (Fsp3) is 0.517. The van der Waals surface area contributed by atoms with Gasteiger partial charge in [0.2, 0.25) is 5.88 Å². The Hall–Kier alpha value is -3.46. The summed E-state index contributed by atoms with van der Waals surface area (Å²) in [6, 6.07) is 10.6. The molecule has 9 heteroatoms. The van der Waals surface area contributed by atoms with Crippen LogP contribution in [-0.2, 0) is 16.1 Å². The number of carbonyl (C=O) groups excluding carboxylic acids is 3. The quantitative estimate of drug-likeness (QED) is 0.486. The van der Waals surface area contributed by atoms with Gasteiger partial charge in [0.05, 0.1) is 6.54 Å². The van der Waals surface area contributed by atoms with Gasteiger partial charge < -0.3 is 14.4 Å². The third kappa shape index (κ3) is 6.15. The Labute approximate surface area is 223 Å². The van der Waals surface area contributed by atoms with Gasteiger partial charge in [-0.15, -0.1) is 0 Å². The van der Waals surface area contributed by atoms with Crippen LogP contribution in [0.3, 0.4) is 0 Å². The predicted octanol–water partition coefficient (Wildman–Crippen LogP) is 4.78.